The van der Waals surface area contributed by atoms with Gasteiger partial charge in [0, 0.05) is 32.4 Å². The van der Waals surface area contributed by atoms with Crippen molar-refractivity contribution in [3.05, 3.63) is 23.5 Å². The predicted molar refractivity (Wildman–Crippen MR) is 63.9 cm³/mol. The lowest BCUT2D eigenvalue weighted by Crippen LogP contribution is -2.23. The third-order valence-electron chi connectivity index (χ3n) is 1.86. The molecule has 76 valence electrons. The summed E-state index contributed by atoms with van der Waals surface area (Å²) in [5, 5.41) is 0.637. The molecule has 0 amide bonds. The van der Waals surface area contributed by atoms with E-state index in [9.17, 15) is 0 Å². The summed E-state index contributed by atoms with van der Waals surface area (Å²) in [7, 11) is 1.94. The van der Waals surface area contributed by atoms with E-state index in [2.05, 4.69) is 4.98 Å². The molecule has 5 heteroatoms. The van der Waals surface area contributed by atoms with E-state index in [1.54, 1.807) is 12.4 Å². The van der Waals surface area contributed by atoms with E-state index >= 15 is 0 Å². The van der Waals surface area contributed by atoms with Gasteiger partial charge in [-0.05, 0) is 6.07 Å². The monoisotopic (exact) mass is 229 g/mol. The molecule has 2 N–H and O–H groups in total. The van der Waals surface area contributed by atoms with E-state index in [4.69, 9.17) is 29.6 Å². The molecule has 0 fully saturated rings. The zero-order valence-electron chi connectivity index (χ0n) is 7.90. The molecule has 0 saturated heterocycles. The maximum absolute atomic E-state index is 5.97. The number of nitrogens with zero attached hydrogens (tertiary/aromatic N) is 2. The fraction of sp³-hybridized carbons (Fsp3) is 0.333. The van der Waals surface area contributed by atoms with E-state index in [1.165, 1.54) is 0 Å². The van der Waals surface area contributed by atoms with Gasteiger partial charge in [0.05, 0.1) is 15.7 Å². The van der Waals surface area contributed by atoms with Crippen LogP contribution < -0.4 is 10.6 Å². The number of hydrogen-bond donors (Lipinski definition) is 1. The minimum Gasteiger partial charge on any atom is -0.393 e. The topological polar surface area (TPSA) is 42.1 Å². The van der Waals surface area contributed by atoms with Crippen LogP contribution in [0, 0.1) is 0 Å². The summed E-state index contributed by atoms with van der Waals surface area (Å²) in [6, 6.07) is 1.86. The fourth-order valence-corrected chi connectivity index (χ4v) is 1.43. The van der Waals surface area contributed by atoms with Gasteiger partial charge in [-0.3, -0.25) is 4.98 Å². The number of hydrogen-bond acceptors (Lipinski definition) is 3. The van der Waals surface area contributed by atoms with Crippen molar-refractivity contribution >= 4 is 34.5 Å². The average molecular weight is 230 g/mol. The van der Waals surface area contributed by atoms with Crippen molar-refractivity contribution in [3.8, 4) is 0 Å². The van der Waals surface area contributed by atoms with Crippen LogP contribution in [0.1, 0.15) is 6.42 Å². The van der Waals surface area contributed by atoms with Gasteiger partial charge in [0.2, 0.25) is 0 Å². The van der Waals surface area contributed by atoms with E-state index in [0.29, 0.717) is 16.4 Å². The quantitative estimate of drug-likeness (QED) is 0.801. The van der Waals surface area contributed by atoms with Gasteiger partial charge in [0.25, 0.3) is 0 Å². The second-order valence-electron chi connectivity index (χ2n) is 2.96. The molecule has 0 atom stereocenters. The lowest BCUT2D eigenvalue weighted by atomic mass is 10.3. The predicted octanol–water partition coefficient (Wildman–Crippen LogP) is 1.85. The third-order valence-corrected chi connectivity index (χ3v) is 2.35. The van der Waals surface area contributed by atoms with Crippen molar-refractivity contribution in [2.75, 3.05) is 18.5 Å². The lowest BCUT2D eigenvalue weighted by Gasteiger charge is -2.19. The second-order valence-corrected chi connectivity index (χ2v) is 3.90. The largest absolute Gasteiger partial charge is 0.393 e. The molecule has 0 aliphatic rings. The molecule has 1 rings (SSSR count). The van der Waals surface area contributed by atoms with E-state index in [1.807, 2.05) is 18.0 Å². The van der Waals surface area contributed by atoms with E-state index < -0.39 is 0 Å². The molecule has 1 aromatic heterocycles. The maximum atomic E-state index is 5.97. The molecule has 0 unspecified atom stereocenters. The van der Waals surface area contributed by atoms with Crippen molar-refractivity contribution < 1.29 is 0 Å². The van der Waals surface area contributed by atoms with Crippen LogP contribution >= 0.6 is 23.8 Å². The minimum absolute atomic E-state index is 0.516. The summed E-state index contributed by atoms with van der Waals surface area (Å²) < 4.78 is 0. The first kappa shape index (κ1) is 11.2. The Balaban J connectivity index is 2.65. The lowest BCUT2D eigenvalue weighted by molar-refractivity contribution is 0.919. The summed E-state index contributed by atoms with van der Waals surface area (Å²) in [5.74, 6) is 0. The van der Waals surface area contributed by atoms with Crippen LogP contribution in [-0.4, -0.2) is 23.6 Å². The number of rotatable bonds is 4. The summed E-state index contributed by atoms with van der Waals surface area (Å²) in [4.78, 5) is 6.43. The Hall–Kier alpha value is -0.870. The van der Waals surface area contributed by atoms with Crippen molar-refractivity contribution in [1.82, 2.24) is 4.98 Å². The molecule has 0 radical (unpaired) electrons. The van der Waals surface area contributed by atoms with Crippen LogP contribution in [0.5, 0.6) is 0 Å². The van der Waals surface area contributed by atoms with Gasteiger partial charge in [0.1, 0.15) is 0 Å². The summed E-state index contributed by atoms with van der Waals surface area (Å²) in [6.07, 6.45) is 4.01. The zero-order valence-corrected chi connectivity index (χ0v) is 9.48. The van der Waals surface area contributed by atoms with Crippen LogP contribution in [0.25, 0.3) is 0 Å². The third kappa shape index (κ3) is 3.12. The molecule has 0 bridgehead atoms. The Labute approximate surface area is 93.9 Å². The molecule has 0 spiro atoms. The smallest absolute Gasteiger partial charge is 0.0822 e. The molecule has 3 nitrogen and oxygen atoms in total. The van der Waals surface area contributed by atoms with Crippen LogP contribution in [-0.2, 0) is 0 Å². The van der Waals surface area contributed by atoms with Gasteiger partial charge in [-0.15, -0.1) is 0 Å². The molecule has 0 aromatic carbocycles. The zero-order chi connectivity index (χ0) is 10.6. The Morgan fingerprint density at radius 2 is 2.43 bits per heavy atom. The molecule has 0 aliphatic heterocycles. The van der Waals surface area contributed by atoms with E-state index in [-0.39, 0.29) is 0 Å². The van der Waals surface area contributed by atoms with Crippen molar-refractivity contribution in [1.29, 1.82) is 0 Å². The van der Waals surface area contributed by atoms with Crippen molar-refractivity contribution in [2.24, 2.45) is 5.73 Å². The molecule has 14 heavy (non-hydrogen) atoms. The fourth-order valence-electron chi connectivity index (χ4n) is 1.08. The van der Waals surface area contributed by atoms with Crippen LogP contribution in [0.4, 0.5) is 5.69 Å². The van der Waals surface area contributed by atoms with Crippen molar-refractivity contribution in [2.45, 2.75) is 6.42 Å². The maximum Gasteiger partial charge on any atom is 0.0822 e. The Kier molecular flexibility index (Phi) is 4.10. The van der Waals surface area contributed by atoms with Gasteiger partial charge in [-0.1, -0.05) is 23.8 Å². The van der Waals surface area contributed by atoms with Crippen LogP contribution in [0.15, 0.2) is 18.5 Å². The highest BCUT2D eigenvalue weighted by Crippen LogP contribution is 2.22. The molecule has 0 aliphatic carbocycles. The summed E-state index contributed by atoms with van der Waals surface area (Å²) in [5.41, 5.74) is 6.36. The SMILES string of the molecule is CN(CCC(N)=S)c1ccncc1Cl. The van der Waals surface area contributed by atoms with Gasteiger partial charge in [-0.25, -0.2) is 0 Å². The van der Waals surface area contributed by atoms with Gasteiger partial charge in [0.15, 0.2) is 0 Å². The first-order valence-corrected chi connectivity index (χ1v) is 4.99. The van der Waals surface area contributed by atoms with Crippen LogP contribution in [0.3, 0.4) is 0 Å². The summed E-state index contributed by atoms with van der Waals surface area (Å²) >= 11 is 10.8. The number of anilines is 1. The number of nitrogens with two attached hydrogens (primary N) is 1. The number of thiocarbonyl (C=S) groups is 1. The Morgan fingerprint density at radius 1 is 1.71 bits per heavy atom. The summed E-state index contributed by atoms with van der Waals surface area (Å²) in [6.45, 7) is 0.763. The van der Waals surface area contributed by atoms with E-state index in [0.717, 1.165) is 12.2 Å². The molecular formula is C9H12ClN3S. The first-order chi connectivity index (χ1) is 6.61. The minimum atomic E-state index is 0.516. The average Bonchev–Trinajstić information content (AvgIpc) is 2.15. The first-order valence-electron chi connectivity index (χ1n) is 4.20. The Bertz CT molecular complexity index is 330. The van der Waals surface area contributed by atoms with Gasteiger partial charge < -0.3 is 10.6 Å². The number of halogens is 1. The highest BCUT2D eigenvalue weighted by atomic mass is 35.5. The van der Waals surface area contributed by atoms with Crippen molar-refractivity contribution in [3.63, 3.8) is 0 Å². The number of aromatic nitrogens is 1. The Morgan fingerprint density at radius 3 is 3.00 bits per heavy atom. The van der Waals surface area contributed by atoms with Gasteiger partial charge in [-0.2, -0.15) is 0 Å². The normalized spacial score (nSPS) is 9.86. The van der Waals surface area contributed by atoms with Crippen LogP contribution in [0.2, 0.25) is 5.02 Å². The second kappa shape index (κ2) is 5.12. The molecular weight excluding hydrogens is 218 g/mol. The molecule has 0 saturated carbocycles. The number of pyridine rings is 1. The van der Waals surface area contributed by atoms with Gasteiger partial charge >= 0.3 is 0 Å². The highest BCUT2D eigenvalue weighted by Gasteiger charge is 2.05. The molecule has 1 heterocycles. The highest BCUT2D eigenvalue weighted by molar-refractivity contribution is 7.80. The standard InChI is InChI=1S/C9H12ClN3S/c1-13(5-3-9(11)14)8-2-4-12-6-7(8)10/h2,4,6H,3,5H2,1H3,(H2,11,14). The molecule has 1 aromatic rings.